The molecule has 0 fully saturated rings. The van der Waals surface area contributed by atoms with Crippen molar-refractivity contribution in [1.82, 2.24) is 15.0 Å². The van der Waals surface area contributed by atoms with Crippen molar-refractivity contribution in [3.8, 4) is 0 Å². The number of alkyl halides is 3. The lowest BCUT2D eigenvalue weighted by molar-refractivity contribution is -0.145. The van der Waals surface area contributed by atoms with Gasteiger partial charge in [-0.25, -0.2) is 0 Å². The second-order valence-electron chi connectivity index (χ2n) is 4.82. The summed E-state index contributed by atoms with van der Waals surface area (Å²) in [5.74, 6) is -1.47. The number of aromatic nitrogens is 3. The average molecular weight is 331 g/mol. The minimum Gasteiger partial charge on any atom is -0.352 e. The van der Waals surface area contributed by atoms with E-state index in [0.717, 1.165) is 12.0 Å². The van der Waals surface area contributed by atoms with Gasteiger partial charge in [-0.2, -0.15) is 28.1 Å². The Labute approximate surface area is 130 Å². The Balaban J connectivity index is 1.99. The highest BCUT2D eigenvalue weighted by molar-refractivity contribution is 6.28. The summed E-state index contributed by atoms with van der Waals surface area (Å²) in [5.41, 5.74) is 1.15. The maximum atomic E-state index is 12.6. The summed E-state index contributed by atoms with van der Waals surface area (Å²) in [4.78, 5) is 10.1. The fraction of sp³-hybridized carbons (Fsp3) is 0.357. The zero-order valence-electron chi connectivity index (χ0n) is 11.7. The molecule has 1 heterocycles. The molecule has 1 aromatic heterocycles. The average Bonchev–Trinajstić information content (AvgIpc) is 2.45. The molecule has 8 heteroatoms. The zero-order chi connectivity index (χ0) is 16.2. The van der Waals surface area contributed by atoms with Gasteiger partial charge >= 0.3 is 6.18 Å². The third-order valence-electron chi connectivity index (χ3n) is 2.95. The second kappa shape index (κ2) is 6.91. The quantitative estimate of drug-likeness (QED) is 0.901. The number of hydrogen-bond donors (Lipinski definition) is 1. The van der Waals surface area contributed by atoms with Crippen LogP contribution in [0.15, 0.2) is 30.3 Å². The molecule has 0 aliphatic heterocycles. The van der Waals surface area contributed by atoms with Crippen LogP contribution in [-0.4, -0.2) is 21.0 Å². The van der Waals surface area contributed by atoms with Gasteiger partial charge < -0.3 is 5.32 Å². The van der Waals surface area contributed by atoms with Crippen LogP contribution in [0.25, 0.3) is 0 Å². The number of aryl methyl sites for hydroxylation is 1. The first-order valence-corrected chi connectivity index (χ1v) is 7.01. The lowest BCUT2D eigenvalue weighted by atomic mass is 10.1. The fourth-order valence-corrected chi connectivity index (χ4v) is 2.02. The van der Waals surface area contributed by atoms with Crippen LogP contribution in [0.3, 0.4) is 0 Å². The van der Waals surface area contributed by atoms with Crippen LogP contribution in [0.1, 0.15) is 24.7 Å². The Hall–Kier alpha value is -1.89. The zero-order valence-corrected chi connectivity index (χ0v) is 12.5. The predicted octanol–water partition coefficient (Wildman–Crippen LogP) is 3.98. The molecule has 0 aliphatic carbocycles. The number of halogens is 4. The molecule has 0 aliphatic rings. The number of anilines is 1. The van der Waals surface area contributed by atoms with E-state index in [1.54, 1.807) is 0 Å². The Bertz CT molecular complexity index is 619. The molecule has 0 saturated heterocycles. The summed E-state index contributed by atoms with van der Waals surface area (Å²) in [6.45, 7) is 1.84. The van der Waals surface area contributed by atoms with E-state index in [2.05, 4.69) is 20.3 Å². The van der Waals surface area contributed by atoms with Gasteiger partial charge in [0.2, 0.25) is 17.1 Å². The number of rotatable bonds is 5. The summed E-state index contributed by atoms with van der Waals surface area (Å²) < 4.78 is 37.8. The second-order valence-corrected chi connectivity index (χ2v) is 5.16. The van der Waals surface area contributed by atoms with Crippen molar-refractivity contribution in [2.75, 3.05) is 5.32 Å². The van der Waals surface area contributed by atoms with E-state index in [0.29, 0.717) is 6.42 Å². The third-order valence-corrected chi connectivity index (χ3v) is 3.12. The Morgan fingerprint density at radius 1 is 1.14 bits per heavy atom. The molecule has 0 amide bonds. The van der Waals surface area contributed by atoms with Crippen molar-refractivity contribution >= 4 is 17.5 Å². The first-order valence-electron chi connectivity index (χ1n) is 6.64. The Morgan fingerprint density at radius 3 is 2.45 bits per heavy atom. The molecule has 4 nitrogen and oxygen atoms in total. The standard InChI is InChI=1S/C14H14ClF3N4/c1-9(7-8-10-5-3-2-4-6-10)19-13-21-11(14(16,17)18)20-12(15)22-13/h2-6,9H,7-8H2,1H3,(H,19,20,21,22). The van der Waals surface area contributed by atoms with Gasteiger partial charge in [-0.15, -0.1) is 0 Å². The molecule has 0 radical (unpaired) electrons. The molecule has 2 rings (SSSR count). The first-order chi connectivity index (χ1) is 10.3. The molecule has 1 N–H and O–H groups in total. The molecule has 2 aromatic rings. The number of nitrogens with one attached hydrogen (secondary N) is 1. The highest BCUT2D eigenvalue weighted by atomic mass is 35.5. The maximum absolute atomic E-state index is 12.6. The summed E-state index contributed by atoms with van der Waals surface area (Å²) in [7, 11) is 0. The SMILES string of the molecule is CC(CCc1ccccc1)Nc1nc(Cl)nc(C(F)(F)F)n1. The number of nitrogens with zero attached hydrogens (tertiary/aromatic N) is 3. The van der Waals surface area contributed by atoms with Crippen LogP contribution in [0.5, 0.6) is 0 Å². The van der Waals surface area contributed by atoms with Gasteiger partial charge in [0.05, 0.1) is 0 Å². The van der Waals surface area contributed by atoms with Crippen molar-refractivity contribution < 1.29 is 13.2 Å². The molecular weight excluding hydrogens is 317 g/mol. The molecule has 0 bridgehead atoms. The Kier molecular flexibility index (Phi) is 5.18. The molecule has 22 heavy (non-hydrogen) atoms. The molecule has 1 unspecified atom stereocenters. The third kappa shape index (κ3) is 4.84. The van der Waals surface area contributed by atoms with Gasteiger partial charge in [0.25, 0.3) is 0 Å². The Morgan fingerprint density at radius 2 is 1.82 bits per heavy atom. The summed E-state index contributed by atoms with van der Waals surface area (Å²) in [6, 6.07) is 9.68. The summed E-state index contributed by atoms with van der Waals surface area (Å²) in [6.07, 6.45) is -3.15. The molecule has 0 spiro atoms. The van der Waals surface area contributed by atoms with Gasteiger partial charge in [-0.3, -0.25) is 0 Å². The molecule has 1 atom stereocenters. The van der Waals surface area contributed by atoms with E-state index in [1.807, 2.05) is 37.3 Å². The van der Waals surface area contributed by atoms with E-state index in [-0.39, 0.29) is 12.0 Å². The van der Waals surface area contributed by atoms with Crippen molar-refractivity contribution in [2.45, 2.75) is 32.0 Å². The van der Waals surface area contributed by atoms with Crippen LogP contribution in [-0.2, 0) is 12.6 Å². The lowest BCUT2D eigenvalue weighted by Gasteiger charge is -2.14. The van der Waals surface area contributed by atoms with Gasteiger partial charge in [0.15, 0.2) is 0 Å². The topological polar surface area (TPSA) is 50.7 Å². The smallest absolute Gasteiger partial charge is 0.352 e. The van der Waals surface area contributed by atoms with Crippen molar-refractivity contribution in [3.05, 3.63) is 47.0 Å². The van der Waals surface area contributed by atoms with Gasteiger partial charge in [0.1, 0.15) is 0 Å². The number of benzene rings is 1. The van der Waals surface area contributed by atoms with Gasteiger partial charge in [-0.05, 0) is 36.9 Å². The minimum absolute atomic E-state index is 0.111. The summed E-state index contributed by atoms with van der Waals surface area (Å²) in [5, 5.41) is 2.33. The van der Waals surface area contributed by atoms with Crippen LogP contribution in [0, 0.1) is 0 Å². The predicted molar refractivity (Wildman–Crippen MR) is 77.7 cm³/mol. The van der Waals surface area contributed by atoms with E-state index >= 15 is 0 Å². The maximum Gasteiger partial charge on any atom is 0.451 e. The lowest BCUT2D eigenvalue weighted by Crippen LogP contribution is -2.20. The van der Waals surface area contributed by atoms with E-state index in [4.69, 9.17) is 11.6 Å². The van der Waals surface area contributed by atoms with Crippen LogP contribution >= 0.6 is 11.6 Å². The monoisotopic (exact) mass is 330 g/mol. The van der Waals surface area contributed by atoms with Crippen LogP contribution in [0.4, 0.5) is 19.1 Å². The first kappa shape index (κ1) is 16.5. The fourth-order valence-electron chi connectivity index (χ4n) is 1.86. The van der Waals surface area contributed by atoms with Crippen LogP contribution < -0.4 is 5.32 Å². The van der Waals surface area contributed by atoms with Crippen molar-refractivity contribution in [2.24, 2.45) is 0 Å². The van der Waals surface area contributed by atoms with Gasteiger partial charge in [-0.1, -0.05) is 30.3 Å². The highest BCUT2D eigenvalue weighted by Crippen LogP contribution is 2.27. The van der Waals surface area contributed by atoms with Gasteiger partial charge in [0, 0.05) is 6.04 Å². The van der Waals surface area contributed by atoms with Crippen molar-refractivity contribution in [3.63, 3.8) is 0 Å². The number of hydrogen-bond acceptors (Lipinski definition) is 4. The van der Waals surface area contributed by atoms with E-state index < -0.39 is 17.3 Å². The molecule has 1 aromatic carbocycles. The van der Waals surface area contributed by atoms with E-state index in [1.165, 1.54) is 0 Å². The minimum atomic E-state index is -4.66. The molecule has 0 saturated carbocycles. The van der Waals surface area contributed by atoms with Crippen LogP contribution in [0.2, 0.25) is 5.28 Å². The summed E-state index contributed by atoms with van der Waals surface area (Å²) >= 11 is 5.51. The molecular formula is C14H14ClF3N4. The highest BCUT2D eigenvalue weighted by Gasteiger charge is 2.35. The van der Waals surface area contributed by atoms with E-state index in [9.17, 15) is 13.2 Å². The normalized spacial score (nSPS) is 13.0. The largest absolute Gasteiger partial charge is 0.451 e. The van der Waals surface area contributed by atoms with Crippen molar-refractivity contribution in [1.29, 1.82) is 0 Å². The molecule has 118 valence electrons.